The van der Waals surface area contributed by atoms with Crippen LogP contribution >= 0.6 is 23.2 Å². The summed E-state index contributed by atoms with van der Waals surface area (Å²) in [5.41, 5.74) is 0.453. The zero-order valence-corrected chi connectivity index (χ0v) is 13.1. The summed E-state index contributed by atoms with van der Waals surface area (Å²) in [5.74, 6) is 0.587. The van der Waals surface area contributed by atoms with E-state index in [-0.39, 0.29) is 16.2 Å². The van der Waals surface area contributed by atoms with E-state index >= 15 is 0 Å². The Labute approximate surface area is 137 Å². The van der Waals surface area contributed by atoms with Crippen LogP contribution in [0.15, 0.2) is 30.6 Å². The van der Waals surface area contributed by atoms with Crippen molar-refractivity contribution in [2.75, 3.05) is 31.1 Å². The van der Waals surface area contributed by atoms with Crippen molar-refractivity contribution in [2.45, 2.75) is 0 Å². The minimum Gasteiger partial charge on any atom is -0.337 e. The predicted molar refractivity (Wildman–Crippen MR) is 84.4 cm³/mol. The van der Waals surface area contributed by atoms with E-state index in [1.54, 1.807) is 23.4 Å². The Balaban J connectivity index is 1.67. The van der Waals surface area contributed by atoms with Gasteiger partial charge in [0, 0.05) is 44.1 Å². The number of piperazine rings is 1. The molecule has 0 aromatic carbocycles. The molecule has 114 valence electrons. The highest BCUT2D eigenvalue weighted by Gasteiger charge is 2.23. The largest absolute Gasteiger partial charge is 0.337 e. The number of carbonyl (C=O) groups is 1. The SMILES string of the molecule is O=C(c1cc(Cl)nc(Cl)c1)N1CCN(c2ncccn2)CC1. The molecule has 6 nitrogen and oxygen atoms in total. The number of amides is 1. The number of pyridine rings is 1. The van der Waals surface area contributed by atoms with Crippen LogP contribution in [0.2, 0.25) is 10.3 Å². The maximum atomic E-state index is 12.5. The van der Waals surface area contributed by atoms with Crippen LogP contribution in [0, 0.1) is 0 Å². The number of rotatable bonds is 2. The molecule has 0 aliphatic carbocycles. The molecule has 0 radical (unpaired) electrons. The van der Waals surface area contributed by atoms with E-state index in [4.69, 9.17) is 23.2 Å². The first kappa shape index (κ1) is 15.0. The molecule has 3 heterocycles. The fraction of sp³-hybridized carbons (Fsp3) is 0.286. The molecule has 2 aromatic rings. The zero-order valence-electron chi connectivity index (χ0n) is 11.6. The Bertz CT molecular complexity index is 654. The van der Waals surface area contributed by atoms with Gasteiger partial charge < -0.3 is 9.80 Å². The van der Waals surface area contributed by atoms with E-state index in [1.807, 2.05) is 0 Å². The maximum Gasteiger partial charge on any atom is 0.254 e. The van der Waals surface area contributed by atoms with Gasteiger partial charge in [-0.1, -0.05) is 23.2 Å². The molecule has 1 aliphatic heterocycles. The monoisotopic (exact) mass is 337 g/mol. The topological polar surface area (TPSA) is 62.2 Å². The van der Waals surface area contributed by atoms with Crippen molar-refractivity contribution >= 4 is 35.1 Å². The van der Waals surface area contributed by atoms with Gasteiger partial charge in [0.2, 0.25) is 5.95 Å². The zero-order chi connectivity index (χ0) is 15.5. The molecular weight excluding hydrogens is 325 g/mol. The molecule has 22 heavy (non-hydrogen) atoms. The normalized spacial score (nSPS) is 15.0. The predicted octanol–water partition coefficient (Wildman–Crippen LogP) is 2.14. The fourth-order valence-electron chi connectivity index (χ4n) is 2.33. The van der Waals surface area contributed by atoms with E-state index in [0.29, 0.717) is 37.7 Å². The quantitative estimate of drug-likeness (QED) is 0.785. The van der Waals surface area contributed by atoms with Crippen LogP contribution in [-0.2, 0) is 0 Å². The van der Waals surface area contributed by atoms with Gasteiger partial charge in [0.25, 0.3) is 5.91 Å². The number of hydrogen-bond acceptors (Lipinski definition) is 5. The number of nitrogens with zero attached hydrogens (tertiary/aromatic N) is 5. The van der Waals surface area contributed by atoms with Gasteiger partial charge in [-0.2, -0.15) is 0 Å². The molecule has 0 saturated carbocycles. The number of carbonyl (C=O) groups excluding carboxylic acids is 1. The Morgan fingerprint density at radius 1 is 1.00 bits per heavy atom. The lowest BCUT2D eigenvalue weighted by atomic mass is 10.2. The number of hydrogen-bond donors (Lipinski definition) is 0. The minimum absolute atomic E-state index is 0.0974. The highest BCUT2D eigenvalue weighted by molar-refractivity contribution is 6.33. The Morgan fingerprint density at radius 3 is 2.18 bits per heavy atom. The summed E-state index contributed by atoms with van der Waals surface area (Å²) in [7, 11) is 0. The molecule has 1 amide bonds. The van der Waals surface area contributed by atoms with Gasteiger partial charge in [0.15, 0.2) is 0 Å². The molecule has 0 N–H and O–H groups in total. The molecule has 1 fully saturated rings. The lowest BCUT2D eigenvalue weighted by molar-refractivity contribution is 0.0746. The second kappa shape index (κ2) is 6.46. The van der Waals surface area contributed by atoms with Crippen LogP contribution in [0.5, 0.6) is 0 Å². The fourth-order valence-corrected chi connectivity index (χ4v) is 2.80. The first-order chi connectivity index (χ1) is 10.6. The standard InChI is InChI=1S/C14H13Cl2N5O/c15-11-8-10(9-12(16)19-11)13(22)20-4-6-21(7-5-20)14-17-2-1-3-18-14/h1-3,8-9H,4-7H2. The van der Waals surface area contributed by atoms with Crippen molar-refractivity contribution in [2.24, 2.45) is 0 Å². The van der Waals surface area contributed by atoms with Gasteiger partial charge in [0.1, 0.15) is 10.3 Å². The van der Waals surface area contributed by atoms with Crippen molar-refractivity contribution in [3.05, 3.63) is 46.5 Å². The van der Waals surface area contributed by atoms with Crippen LogP contribution in [0.3, 0.4) is 0 Å². The molecule has 0 spiro atoms. The summed E-state index contributed by atoms with van der Waals surface area (Å²) in [6.45, 7) is 2.55. The summed E-state index contributed by atoms with van der Waals surface area (Å²) in [5, 5.41) is 0.430. The lowest BCUT2D eigenvalue weighted by Crippen LogP contribution is -2.49. The Kier molecular flexibility index (Phi) is 4.40. The van der Waals surface area contributed by atoms with E-state index in [9.17, 15) is 4.79 Å². The van der Waals surface area contributed by atoms with Crippen LogP contribution in [-0.4, -0.2) is 51.9 Å². The summed E-state index contributed by atoms with van der Waals surface area (Å²) >= 11 is 11.7. The molecule has 3 rings (SSSR count). The molecule has 0 bridgehead atoms. The summed E-state index contributed by atoms with van der Waals surface area (Å²) in [6, 6.07) is 4.84. The summed E-state index contributed by atoms with van der Waals surface area (Å²) < 4.78 is 0. The van der Waals surface area contributed by atoms with Gasteiger partial charge >= 0.3 is 0 Å². The van der Waals surface area contributed by atoms with Crippen molar-refractivity contribution < 1.29 is 4.79 Å². The van der Waals surface area contributed by atoms with Crippen LogP contribution in [0.1, 0.15) is 10.4 Å². The highest BCUT2D eigenvalue weighted by Crippen LogP contribution is 2.18. The van der Waals surface area contributed by atoms with E-state index in [0.717, 1.165) is 0 Å². The Hall–Kier alpha value is -1.92. The third-order valence-corrected chi connectivity index (χ3v) is 3.80. The van der Waals surface area contributed by atoms with E-state index < -0.39 is 0 Å². The summed E-state index contributed by atoms with van der Waals surface area (Å²) in [6.07, 6.45) is 3.42. The second-order valence-electron chi connectivity index (χ2n) is 4.83. The molecule has 0 atom stereocenters. The average molecular weight is 338 g/mol. The molecule has 1 saturated heterocycles. The molecule has 2 aromatic heterocycles. The van der Waals surface area contributed by atoms with E-state index in [1.165, 1.54) is 12.1 Å². The molecule has 0 unspecified atom stereocenters. The lowest BCUT2D eigenvalue weighted by Gasteiger charge is -2.34. The molecular formula is C14H13Cl2N5O. The van der Waals surface area contributed by atoms with Crippen molar-refractivity contribution in [3.63, 3.8) is 0 Å². The number of halogens is 2. The summed E-state index contributed by atoms with van der Waals surface area (Å²) in [4.78, 5) is 28.6. The molecule has 8 heteroatoms. The number of anilines is 1. The second-order valence-corrected chi connectivity index (χ2v) is 5.60. The average Bonchev–Trinajstić information content (AvgIpc) is 2.54. The highest BCUT2D eigenvalue weighted by atomic mass is 35.5. The molecule has 1 aliphatic rings. The first-order valence-electron chi connectivity index (χ1n) is 6.78. The van der Waals surface area contributed by atoms with Crippen LogP contribution in [0.4, 0.5) is 5.95 Å². The van der Waals surface area contributed by atoms with Gasteiger partial charge in [-0.05, 0) is 18.2 Å². The van der Waals surface area contributed by atoms with Crippen molar-refractivity contribution in [1.29, 1.82) is 0 Å². The van der Waals surface area contributed by atoms with Gasteiger partial charge in [-0.3, -0.25) is 4.79 Å². The minimum atomic E-state index is -0.0974. The van der Waals surface area contributed by atoms with Crippen molar-refractivity contribution in [1.82, 2.24) is 19.9 Å². The smallest absolute Gasteiger partial charge is 0.254 e. The van der Waals surface area contributed by atoms with E-state index in [2.05, 4.69) is 19.9 Å². The van der Waals surface area contributed by atoms with Crippen molar-refractivity contribution in [3.8, 4) is 0 Å². The first-order valence-corrected chi connectivity index (χ1v) is 7.53. The number of aromatic nitrogens is 3. The van der Waals surface area contributed by atoms with Crippen LogP contribution in [0.25, 0.3) is 0 Å². The van der Waals surface area contributed by atoms with Gasteiger partial charge in [-0.15, -0.1) is 0 Å². The van der Waals surface area contributed by atoms with Gasteiger partial charge in [0.05, 0.1) is 0 Å². The third-order valence-electron chi connectivity index (χ3n) is 3.41. The third kappa shape index (κ3) is 3.28. The Morgan fingerprint density at radius 2 is 1.59 bits per heavy atom. The maximum absolute atomic E-state index is 12.5. The van der Waals surface area contributed by atoms with Gasteiger partial charge in [-0.25, -0.2) is 15.0 Å². The van der Waals surface area contributed by atoms with Crippen LogP contribution < -0.4 is 4.90 Å².